The maximum absolute atomic E-state index is 3.77. The Hall–Kier alpha value is -0.340. The zero-order valence-electron chi connectivity index (χ0n) is 11.8. The molecule has 104 valence electrons. The largest absolute Gasteiger partial charge is 0.316 e. The van der Waals surface area contributed by atoms with Crippen molar-refractivity contribution in [1.82, 2.24) is 5.32 Å². The van der Waals surface area contributed by atoms with E-state index in [0.29, 0.717) is 10.8 Å². The lowest BCUT2D eigenvalue weighted by atomic mass is 9.43. The van der Waals surface area contributed by atoms with E-state index in [-0.39, 0.29) is 0 Å². The van der Waals surface area contributed by atoms with E-state index in [1.54, 1.807) is 0 Å². The van der Waals surface area contributed by atoms with Gasteiger partial charge in [0.2, 0.25) is 0 Å². The van der Waals surface area contributed by atoms with Gasteiger partial charge in [0.1, 0.15) is 0 Å². The lowest BCUT2D eigenvalue weighted by Crippen LogP contribution is -2.57. The number of hydrogen-bond donors (Lipinski definition) is 1. The molecule has 2 aliphatic rings. The van der Waals surface area contributed by atoms with Gasteiger partial charge in [0.15, 0.2) is 0 Å². The first-order valence-electron chi connectivity index (χ1n) is 7.66. The van der Waals surface area contributed by atoms with E-state index in [4.69, 9.17) is 0 Å². The molecule has 0 aliphatic heterocycles. The first-order valence-corrected chi connectivity index (χ1v) is 8.45. The van der Waals surface area contributed by atoms with E-state index >= 15 is 0 Å². The van der Waals surface area contributed by atoms with Crippen LogP contribution in [0.3, 0.4) is 0 Å². The highest BCUT2D eigenvalue weighted by Gasteiger charge is 2.57. The third kappa shape index (κ3) is 2.38. The maximum Gasteiger partial charge on any atom is 0.0213 e. The molecule has 0 saturated heterocycles. The molecule has 0 heterocycles. The molecule has 2 fully saturated rings. The quantitative estimate of drug-likeness (QED) is 0.778. The summed E-state index contributed by atoms with van der Waals surface area (Å²) in [5.41, 5.74) is 2.62. The second-order valence-electron chi connectivity index (χ2n) is 6.64. The van der Waals surface area contributed by atoms with Crippen molar-refractivity contribution in [3.63, 3.8) is 0 Å². The van der Waals surface area contributed by atoms with Gasteiger partial charge < -0.3 is 5.32 Å². The van der Waals surface area contributed by atoms with Crippen molar-refractivity contribution in [2.75, 3.05) is 13.1 Å². The van der Waals surface area contributed by atoms with Crippen molar-refractivity contribution in [1.29, 1.82) is 0 Å². The summed E-state index contributed by atoms with van der Waals surface area (Å²) in [4.78, 5) is 0. The monoisotopic (exact) mass is 321 g/mol. The van der Waals surface area contributed by atoms with Gasteiger partial charge in [-0.1, -0.05) is 47.5 Å². The van der Waals surface area contributed by atoms with Crippen LogP contribution < -0.4 is 5.32 Å². The van der Waals surface area contributed by atoms with Crippen LogP contribution in [0.1, 0.15) is 51.0 Å². The first kappa shape index (κ1) is 13.6. The molecule has 1 aromatic carbocycles. The lowest BCUT2D eigenvalue weighted by molar-refractivity contribution is -0.0485. The van der Waals surface area contributed by atoms with Crippen LogP contribution in [0.25, 0.3) is 0 Å². The fraction of sp³-hybridized carbons (Fsp3) is 0.647. The van der Waals surface area contributed by atoms with Gasteiger partial charge in [0.05, 0.1) is 0 Å². The Kier molecular flexibility index (Phi) is 3.74. The topological polar surface area (TPSA) is 12.0 Å². The van der Waals surface area contributed by atoms with Gasteiger partial charge in [-0.05, 0) is 55.7 Å². The summed E-state index contributed by atoms with van der Waals surface area (Å²) in [6.45, 7) is 4.52. The molecular weight excluding hydrogens is 298 g/mol. The van der Waals surface area contributed by atoms with E-state index in [0.717, 1.165) is 13.1 Å². The molecule has 0 bridgehead atoms. The van der Waals surface area contributed by atoms with Crippen LogP contribution in [0.4, 0.5) is 0 Å². The molecule has 19 heavy (non-hydrogen) atoms. The molecule has 3 rings (SSSR count). The maximum atomic E-state index is 3.77. The third-order valence-electron chi connectivity index (χ3n) is 5.18. The number of benzene rings is 1. The summed E-state index contributed by atoms with van der Waals surface area (Å²) in [7, 11) is 0. The standard InChI is InChI=1S/C17H24BrN/c1-2-10-19-13-17(11-16(12-17)8-5-9-16)14-6-3-4-7-15(14)18/h3-4,6-7,19H,2,5,8-13H2,1H3. The molecule has 1 aromatic rings. The highest BCUT2D eigenvalue weighted by molar-refractivity contribution is 9.10. The summed E-state index contributed by atoms with van der Waals surface area (Å²) in [6, 6.07) is 8.83. The number of halogens is 1. The molecule has 0 atom stereocenters. The van der Waals surface area contributed by atoms with Gasteiger partial charge in [0, 0.05) is 16.4 Å². The van der Waals surface area contributed by atoms with Gasteiger partial charge in [-0.15, -0.1) is 0 Å². The minimum absolute atomic E-state index is 0.385. The molecule has 1 N–H and O–H groups in total. The van der Waals surface area contributed by atoms with Crippen molar-refractivity contribution in [3.8, 4) is 0 Å². The van der Waals surface area contributed by atoms with Gasteiger partial charge in [0.25, 0.3) is 0 Å². The molecule has 0 unspecified atom stereocenters. The smallest absolute Gasteiger partial charge is 0.0213 e. The molecule has 0 aromatic heterocycles. The van der Waals surface area contributed by atoms with Crippen molar-refractivity contribution in [2.45, 2.75) is 50.9 Å². The Balaban J connectivity index is 1.79. The first-order chi connectivity index (χ1) is 9.20. The van der Waals surface area contributed by atoms with Crippen molar-refractivity contribution in [3.05, 3.63) is 34.3 Å². The summed E-state index contributed by atoms with van der Waals surface area (Å²) >= 11 is 3.77. The average Bonchev–Trinajstić information content (AvgIpc) is 2.31. The van der Waals surface area contributed by atoms with Gasteiger partial charge >= 0.3 is 0 Å². The highest BCUT2D eigenvalue weighted by Crippen LogP contribution is 2.65. The molecule has 2 saturated carbocycles. The Morgan fingerprint density at radius 3 is 2.53 bits per heavy atom. The van der Waals surface area contributed by atoms with Crippen molar-refractivity contribution < 1.29 is 0 Å². The summed E-state index contributed by atoms with van der Waals surface area (Å²) in [5.74, 6) is 0. The van der Waals surface area contributed by atoms with Crippen LogP contribution in [-0.4, -0.2) is 13.1 Å². The molecule has 0 amide bonds. The SMILES string of the molecule is CCCNCC1(c2ccccc2Br)CC2(CCC2)C1. The molecular formula is C17H24BrN. The normalized spacial score (nSPS) is 22.8. The minimum atomic E-state index is 0.385. The van der Waals surface area contributed by atoms with Gasteiger partial charge in [-0.2, -0.15) is 0 Å². The van der Waals surface area contributed by atoms with E-state index in [1.807, 2.05) is 0 Å². The zero-order valence-corrected chi connectivity index (χ0v) is 13.4. The van der Waals surface area contributed by atoms with Crippen LogP contribution in [0.5, 0.6) is 0 Å². The van der Waals surface area contributed by atoms with Gasteiger partial charge in [-0.25, -0.2) is 0 Å². The van der Waals surface area contributed by atoms with E-state index < -0.39 is 0 Å². The van der Waals surface area contributed by atoms with Crippen LogP contribution in [0, 0.1) is 5.41 Å². The van der Waals surface area contributed by atoms with Gasteiger partial charge in [-0.3, -0.25) is 0 Å². The Morgan fingerprint density at radius 2 is 1.95 bits per heavy atom. The fourth-order valence-corrected chi connectivity index (χ4v) is 4.93. The lowest BCUT2D eigenvalue weighted by Gasteiger charge is -2.62. The second kappa shape index (κ2) is 5.21. The molecule has 2 aliphatic carbocycles. The predicted octanol–water partition coefficient (Wildman–Crippen LogP) is 4.65. The second-order valence-corrected chi connectivity index (χ2v) is 7.50. The number of nitrogens with one attached hydrogen (secondary N) is 1. The molecule has 1 spiro atoms. The van der Waals surface area contributed by atoms with E-state index in [2.05, 4.69) is 52.4 Å². The molecule has 2 heteroatoms. The van der Waals surface area contributed by atoms with E-state index in [1.165, 1.54) is 48.6 Å². The van der Waals surface area contributed by atoms with Crippen LogP contribution in [-0.2, 0) is 5.41 Å². The summed E-state index contributed by atoms with van der Waals surface area (Å²) in [6.07, 6.45) is 8.38. The number of rotatable bonds is 5. The fourth-order valence-electron chi connectivity index (χ4n) is 4.22. The number of hydrogen-bond acceptors (Lipinski definition) is 1. The van der Waals surface area contributed by atoms with Crippen molar-refractivity contribution in [2.24, 2.45) is 5.41 Å². The van der Waals surface area contributed by atoms with E-state index in [9.17, 15) is 0 Å². The average molecular weight is 322 g/mol. The minimum Gasteiger partial charge on any atom is -0.316 e. The van der Waals surface area contributed by atoms with Crippen LogP contribution in [0.15, 0.2) is 28.7 Å². The third-order valence-corrected chi connectivity index (χ3v) is 5.87. The Labute approximate surface area is 125 Å². The summed E-state index contributed by atoms with van der Waals surface area (Å²) in [5, 5.41) is 3.67. The predicted molar refractivity (Wildman–Crippen MR) is 84.5 cm³/mol. The molecule has 0 radical (unpaired) electrons. The molecule has 1 nitrogen and oxygen atoms in total. The zero-order chi connectivity index (χ0) is 13.3. The highest BCUT2D eigenvalue weighted by atomic mass is 79.9. The summed E-state index contributed by atoms with van der Waals surface area (Å²) < 4.78 is 1.29. The van der Waals surface area contributed by atoms with Crippen LogP contribution in [0.2, 0.25) is 0 Å². The Bertz CT molecular complexity index is 442. The van der Waals surface area contributed by atoms with Crippen LogP contribution >= 0.6 is 15.9 Å². The van der Waals surface area contributed by atoms with Crippen molar-refractivity contribution >= 4 is 15.9 Å². The Morgan fingerprint density at radius 1 is 1.21 bits per heavy atom.